The zero-order valence-electron chi connectivity index (χ0n) is 39.1. The van der Waals surface area contributed by atoms with Gasteiger partial charge in [-0.2, -0.15) is 26.3 Å². The summed E-state index contributed by atoms with van der Waals surface area (Å²) in [5, 5.41) is 7.40. The van der Waals surface area contributed by atoms with Crippen molar-refractivity contribution in [2.45, 2.75) is 64.7 Å². The van der Waals surface area contributed by atoms with Crippen LogP contribution >= 0.6 is 0 Å². The highest BCUT2D eigenvalue weighted by atomic mass is 19.4. The Balaban J connectivity index is 0.972. The number of rotatable bonds is 6. The van der Waals surface area contributed by atoms with Crippen molar-refractivity contribution in [3.8, 4) is 0 Å². The van der Waals surface area contributed by atoms with E-state index < -0.39 is 23.5 Å². The number of fused-ring (bicyclic) bond motifs is 8. The second-order valence-electron chi connectivity index (χ2n) is 20.2. The van der Waals surface area contributed by atoms with Gasteiger partial charge in [0.2, 0.25) is 0 Å². The van der Waals surface area contributed by atoms with Gasteiger partial charge >= 0.3 is 12.4 Å². The monoisotopic (exact) mass is 940 g/mol. The molecule has 0 fully saturated rings. The minimum atomic E-state index is -4.46. The first-order chi connectivity index (χ1) is 33.2. The van der Waals surface area contributed by atoms with Gasteiger partial charge in [0.25, 0.3) is 0 Å². The average Bonchev–Trinajstić information content (AvgIpc) is 3.84. The number of furan rings is 2. The molecule has 0 saturated heterocycles. The molecule has 0 amide bonds. The number of alkyl halides is 6. The molecule has 0 unspecified atom stereocenters. The van der Waals surface area contributed by atoms with Crippen LogP contribution in [0.3, 0.4) is 0 Å². The van der Waals surface area contributed by atoms with E-state index in [9.17, 15) is 26.3 Å². The van der Waals surface area contributed by atoms with Crippen molar-refractivity contribution in [3.63, 3.8) is 0 Å². The Labute approximate surface area is 400 Å². The van der Waals surface area contributed by atoms with Crippen molar-refractivity contribution in [2.24, 2.45) is 0 Å². The fraction of sp³-hybridized carbons (Fsp3) is 0.167. The van der Waals surface area contributed by atoms with Crippen LogP contribution in [-0.4, -0.2) is 0 Å². The zero-order valence-corrected chi connectivity index (χ0v) is 39.1. The van der Waals surface area contributed by atoms with E-state index in [-0.39, 0.29) is 10.8 Å². The molecule has 0 spiro atoms. The van der Waals surface area contributed by atoms with Gasteiger partial charge in [-0.15, -0.1) is 0 Å². The maximum atomic E-state index is 13.6. The molecule has 0 N–H and O–H groups in total. The summed E-state index contributed by atoms with van der Waals surface area (Å²) in [6.07, 6.45) is -8.91. The molecule has 9 aromatic carbocycles. The second-order valence-corrected chi connectivity index (χ2v) is 20.2. The Morgan fingerprint density at radius 3 is 0.886 bits per heavy atom. The van der Waals surface area contributed by atoms with Gasteiger partial charge in [-0.3, -0.25) is 0 Å². The molecule has 11 rings (SSSR count). The fourth-order valence-corrected chi connectivity index (χ4v) is 9.50. The summed E-state index contributed by atoms with van der Waals surface area (Å²) in [5.41, 5.74) is 7.69. The standard InChI is InChI=1S/C60H46F6N2O2/c1-57(2,3)39-9-19-43(20-10-39)67(45-23-13-41(14-24-45)59(61,62)63)47-17-7-35-29-49-51-33-52-50-30-36-8-18-48(28-38(36)32-54(50)70-56(52)34-55(51)69-53(49)31-37(35)27-47)68(44-21-11-40(12-22-44)58(4,5)6)46-25-15-42(16-26-46)60(64,65)66/h7-34H,1-6H3. The predicted molar refractivity (Wildman–Crippen MR) is 273 cm³/mol. The Morgan fingerprint density at radius 1 is 0.286 bits per heavy atom. The summed E-state index contributed by atoms with van der Waals surface area (Å²) in [4.78, 5) is 3.92. The minimum Gasteiger partial charge on any atom is -0.456 e. The second kappa shape index (κ2) is 15.9. The molecule has 0 aliphatic rings. The smallest absolute Gasteiger partial charge is 0.416 e. The first-order valence-corrected chi connectivity index (χ1v) is 23.0. The maximum Gasteiger partial charge on any atom is 0.416 e. The molecule has 11 aromatic rings. The predicted octanol–water partition coefficient (Wildman–Crippen LogP) is 19.4. The highest BCUT2D eigenvalue weighted by Crippen LogP contribution is 2.44. The van der Waals surface area contributed by atoms with Crippen LogP contribution in [0.1, 0.15) is 63.8 Å². The molecule has 0 radical (unpaired) electrons. The molecular formula is C60H46F6N2O2. The Morgan fingerprint density at radius 2 is 0.571 bits per heavy atom. The first kappa shape index (κ1) is 44.8. The fourth-order valence-electron chi connectivity index (χ4n) is 9.50. The van der Waals surface area contributed by atoms with Gasteiger partial charge in [0.1, 0.15) is 22.3 Å². The van der Waals surface area contributed by atoms with Crippen molar-refractivity contribution in [1.82, 2.24) is 0 Å². The quantitative estimate of drug-likeness (QED) is 0.156. The van der Waals surface area contributed by atoms with Crippen molar-refractivity contribution in [3.05, 3.63) is 192 Å². The number of hydrogen-bond donors (Lipinski definition) is 0. The zero-order chi connectivity index (χ0) is 49.1. The largest absolute Gasteiger partial charge is 0.456 e. The van der Waals surface area contributed by atoms with Crippen LogP contribution in [-0.2, 0) is 23.2 Å². The molecule has 2 aromatic heterocycles. The van der Waals surface area contributed by atoms with E-state index >= 15 is 0 Å². The van der Waals surface area contributed by atoms with Crippen molar-refractivity contribution < 1.29 is 35.2 Å². The van der Waals surface area contributed by atoms with E-state index in [2.05, 4.69) is 84.0 Å². The van der Waals surface area contributed by atoms with Gasteiger partial charge in [0.05, 0.1) is 11.1 Å². The minimum absolute atomic E-state index is 0.0813. The van der Waals surface area contributed by atoms with Crippen molar-refractivity contribution >= 4 is 99.5 Å². The Bertz CT molecular complexity index is 3430. The highest BCUT2D eigenvalue weighted by Gasteiger charge is 2.32. The number of hydrogen-bond acceptors (Lipinski definition) is 4. The molecule has 2 heterocycles. The van der Waals surface area contributed by atoms with Gasteiger partial charge in [-0.05, 0) is 171 Å². The van der Waals surface area contributed by atoms with Crippen LogP contribution in [0.25, 0.3) is 65.4 Å². The highest BCUT2D eigenvalue weighted by molar-refractivity contribution is 6.18. The van der Waals surface area contributed by atoms with Crippen LogP contribution < -0.4 is 9.80 Å². The molecule has 0 bridgehead atoms. The van der Waals surface area contributed by atoms with Gasteiger partial charge in [-0.1, -0.05) is 77.9 Å². The molecule has 0 aliphatic heterocycles. The lowest BCUT2D eigenvalue weighted by Gasteiger charge is -2.27. The number of anilines is 6. The van der Waals surface area contributed by atoms with Gasteiger partial charge in [-0.25, -0.2) is 0 Å². The lowest BCUT2D eigenvalue weighted by atomic mass is 9.87. The van der Waals surface area contributed by atoms with E-state index in [0.29, 0.717) is 33.7 Å². The Kier molecular flexibility index (Phi) is 10.2. The lowest BCUT2D eigenvalue weighted by Crippen LogP contribution is -2.13. The third-order valence-corrected chi connectivity index (χ3v) is 13.4. The summed E-state index contributed by atoms with van der Waals surface area (Å²) in [6, 6.07) is 50.9. The number of benzene rings is 9. The average molecular weight is 941 g/mol. The van der Waals surface area contributed by atoms with Gasteiger partial charge in [0, 0.05) is 61.7 Å². The van der Waals surface area contributed by atoms with Crippen LogP contribution in [0.5, 0.6) is 0 Å². The third kappa shape index (κ3) is 8.04. The van der Waals surface area contributed by atoms with Crippen LogP contribution in [0, 0.1) is 0 Å². The Hall–Kier alpha value is -7.72. The van der Waals surface area contributed by atoms with E-state index in [0.717, 1.165) is 101 Å². The molecule has 0 atom stereocenters. The van der Waals surface area contributed by atoms with Crippen molar-refractivity contribution in [2.75, 3.05) is 9.80 Å². The normalized spacial score (nSPS) is 12.9. The molecule has 10 heteroatoms. The van der Waals surface area contributed by atoms with E-state index in [1.807, 2.05) is 88.7 Å². The number of halogens is 6. The summed E-state index contributed by atoms with van der Waals surface area (Å²) in [6.45, 7) is 12.8. The van der Waals surface area contributed by atoms with Crippen LogP contribution in [0.15, 0.2) is 179 Å². The molecule has 70 heavy (non-hydrogen) atoms. The summed E-state index contributed by atoms with van der Waals surface area (Å²) >= 11 is 0. The van der Waals surface area contributed by atoms with Gasteiger partial charge in [0.15, 0.2) is 0 Å². The topological polar surface area (TPSA) is 32.8 Å². The van der Waals surface area contributed by atoms with Gasteiger partial charge < -0.3 is 18.6 Å². The lowest BCUT2D eigenvalue weighted by molar-refractivity contribution is -0.138. The van der Waals surface area contributed by atoms with Crippen molar-refractivity contribution in [1.29, 1.82) is 0 Å². The first-order valence-electron chi connectivity index (χ1n) is 23.0. The number of nitrogens with zero attached hydrogens (tertiary/aromatic N) is 2. The summed E-state index contributed by atoms with van der Waals surface area (Å²) < 4.78 is 94.8. The molecule has 0 saturated carbocycles. The van der Waals surface area contributed by atoms with E-state index in [1.165, 1.54) is 24.3 Å². The summed E-state index contributed by atoms with van der Waals surface area (Å²) in [7, 11) is 0. The third-order valence-electron chi connectivity index (χ3n) is 13.4. The van der Waals surface area contributed by atoms with E-state index in [1.54, 1.807) is 0 Å². The molecule has 4 nitrogen and oxygen atoms in total. The molecule has 350 valence electrons. The van der Waals surface area contributed by atoms with E-state index in [4.69, 9.17) is 8.83 Å². The molecular weight excluding hydrogens is 895 g/mol. The molecule has 0 aliphatic carbocycles. The maximum absolute atomic E-state index is 13.6. The SMILES string of the molecule is CC(C)(C)c1ccc(N(c2ccc(C(F)(F)F)cc2)c2ccc3cc4c(cc3c2)oc2cc3oc5cc6cc(N(c7ccc(C(C)(C)C)cc7)c7ccc(C(F)(F)F)cc7)ccc6cc5c3cc24)cc1. The van der Waals surface area contributed by atoms with Crippen LogP contribution in [0.4, 0.5) is 60.5 Å². The summed E-state index contributed by atoms with van der Waals surface area (Å²) in [5.74, 6) is 0. The van der Waals surface area contributed by atoms with Crippen LogP contribution in [0.2, 0.25) is 0 Å².